The van der Waals surface area contributed by atoms with E-state index in [0.717, 1.165) is 35.7 Å². The van der Waals surface area contributed by atoms with Crippen molar-refractivity contribution in [2.75, 3.05) is 0 Å². The number of fused-ring (bicyclic) bond motifs is 2. The van der Waals surface area contributed by atoms with Crippen LogP contribution < -0.4 is 20.4 Å². The van der Waals surface area contributed by atoms with Gasteiger partial charge >= 0.3 is 20.2 Å². The molecule has 0 aliphatic rings. The van der Waals surface area contributed by atoms with Crippen molar-refractivity contribution in [1.82, 2.24) is 0 Å². The second kappa shape index (κ2) is 15.1. The molecule has 0 aliphatic heterocycles. The van der Waals surface area contributed by atoms with Crippen molar-refractivity contribution in [1.29, 1.82) is 0 Å². The second-order valence-corrected chi connectivity index (χ2v) is 11.6. The van der Waals surface area contributed by atoms with Crippen LogP contribution in [0.1, 0.15) is 2.85 Å². The number of rotatable bonds is 6. The summed E-state index contributed by atoms with van der Waals surface area (Å²) in [5.41, 5.74) is -0.478. The van der Waals surface area contributed by atoms with E-state index in [4.69, 9.17) is 11.6 Å². The van der Waals surface area contributed by atoms with E-state index < -0.39 is 37.2 Å². The predicted molar refractivity (Wildman–Crippen MR) is 169 cm³/mol. The van der Waals surface area contributed by atoms with Gasteiger partial charge in [-0.25, -0.2) is 8.42 Å². The Morgan fingerprint density at radius 3 is 1.76 bits per heavy atom. The second-order valence-electron chi connectivity index (χ2n) is 9.80. The van der Waals surface area contributed by atoms with Gasteiger partial charge in [-0.3, -0.25) is 10.1 Å². The number of hydrogen-bond donors (Lipinski definition) is 0. The summed E-state index contributed by atoms with van der Waals surface area (Å²) in [7, 11) is -4.62. The quantitative estimate of drug-likeness (QED) is 0.0783. The van der Waals surface area contributed by atoms with Crippen LogP contribution in [-0.2, 0) is 27.5 Å². The van der Waals surface area contributed by atoms with Gasteiger partial charge in [-0.2, -0.15) is 20.5 Å². The summed E-state index contributed by atoms with van der Waals surface area (Å²) >= 11 is 5.80. The Bertz CT molecular complexity index is 2400. The van der Waals surface area contributed by atoms with E-state index in [1.807, 2.05) is 12.1 Å². The molecule has 0 saturated carbocycles. The summed E-state index contributed by atoms with van der Waals surface area (Å²) in [5.74, 6) is -1.73. The average molecular weight is 737 g/mol. The van der Waals surface area contributed by atoms with Crippen LogP contribution >= 0.6 is 11.6 Å². The largest absolute Gasteiger partial charge is 3.00 e. The standard InChI is InChI=1S/C16H11ClN2O5S.C16H11N3O4.Cr/c17-10-2-6-14(20)13(8-10)18-19-16-12-4-3-11(25(22,23)24)7-9(12)1-5-15(16)21;20-14-8-6-11(19(22)23)9-13(14)17-18-16-12-4-2-1-3-10(12)5-7-15(16)21;/h1-8,20-21H,(H,22,23,24);1-9,20-21H;/q;;+3/p-3. The van der Waals surface area contributed by atoms with Crippen LogP contribution in [0.4, 0.5) is 28.4 Å². The molecule has 0 N–H and O–H groups in total. The summed E-state index contributed by atoms with van der Waals surface area (Å²) in [4.78, 5) is 9.70. The van der Waals surface area contributed by atoms with E-state index in [9.17, 15) is 43.5 Å². The Morgan fingerprint density at radius 1 is 0.612 bits per heavy atom. The fraction of sp³-hybridized carbons (Fsp3) is 0. The Morgan fingerprint density at radius 2 is 1.14 bits per heavy atom. The molecule has 6 rings (SSSR count). The monoisotopic (exact) mass is 736 g/mol. The average Bonchev–Trinajstić information content (AvgIpc) is 3.05. The maximum atomic E-state index is 12.1. The van der Waals surface area contributed by atoms with Crippen molar-refractivity contribution in [2.24, 2.45) is 20.5 Å². The summed E-state index contributed by atoms with van der Waals surface area (Å²) in [6.45, 7) is 0. The molecule has 245 valence electrons. The molecule has 0 saturated heterocycles. The summed E-state index contributed by atoms with van der Waals surface area (Å²) in [5, 5.41) is 75.7. The van der Waals surface area contributed by atoms with Crippen LogP contribution in [0, 0.1) is 10.1 Å². The van der Waals surface area contributed by atoms with Gasteiger partial charge in [0, 0.05) is 27.9 Å². The topological polar surface area (TPSA) is 242 Å². The first kappa shape index (κ1) is 36.2. The molecule has 0 aromatic heterocycles. The molecule has 14 nitrogen and oxygen atoms in total. The SMILES string of the molecule is O=S(=O)([O-])c1ccc2c(N=Nc3cc(Cl)ccc3[O-])c([O-])ccc2c1.O=[N+]([O-])c1ccc([O-])c(N=Nc2c([O-])ccc3ccccc23)c1.[Cr+3].[H+].[H+]. The van der Waals surface area contributed by atoms with Crippen molar-refractivity contribution in [3.05, 3.63) is 118 Å². The molecule has 0 heterocycles. The number of hydrogen-bond acceptors (Lipinski definition) is 13. The maximum absolute atomic E-state index is 12.1. The fourth-order valence-electron chi connectivity index (χ4n) is 4.34. The Balaban J connectivity index is 0.000000335. The van der Waals surface area contributed by atoms with E-state index in [-0.39, 0.29) is 54.4 Å². The minimum Gasteiger partial charge on any atom is -0.871 e. The van der Waals surface area contributed by atoms with Gasteiger partial charge in [0.2, 0.25) is 0 Å². The van der Waals surface area contributed by atoms with E-state index in [1.54, 1.807) is 18.2 Å². The molecule has 0 atom stereocenters. The molecule has 6 aromatic rings. The minimum atomic E-state index is -4.62. The first-order valence-electron chi connectivity index (χ1n) is 13.5. The predicted octanol–water partition coefficient (Wildman–Crippen LogP) is 6.49. The number of nitrogens with zero attached hydrogens (tertiary/aromatic N) is 5. The van der Waals surface area contributed by atoms with Gasteiger partial charge in [-0.05, 0) is 35.0 Å². The van der Waals surface area contributed by atoms with Crippen molar-refractivity contribution in [2.45, 2.75) is 4.90 Å². The van der Waals surface area contributed by atoms with Gasteiger partial charge < -0.3 is 25.0 Å². The number of azo groups is 2. The van der Waals surface area contributed by atoms with Crippen LogP contribution in [0.5, 0.6) is 23.0 Å². The van der Waals surface area contributed by atoms with E-state index >= 15 is 0 Å². The van der Waals surface area contributed by atoms with Crippen molar-refractivity contribution in [3.8, 4) is 23.0 Å². The van der Waals surface area contributed by atoms with Crippen LogP contribution in [0.3, 0.4) is 0 Å². The number of benzene rings is 6. The third-order valence-corrected chi connectivity index (χ3v) is 7.73. The van der Waals surface area contributed by atoms with Gasteiger partial charge in [0.15, 0.2) is 0 Å². The van der Waals surface area contributed by atoms with Gasteiger partial charge in [0.25, 0.3) is 5.69 Å². The first-order chi connectivity index (χ1) is 22.8. The number of halogens is 1. The van der Waals surface area contributed by atoms with Gasteiger partial charge in [0.05, 0.1) is 32.6 Å². The number of nitro groups is 1. The molecule has 0 amide bonds. The van der Waals surface area contributed by atoms with E-state index in [2.05, 4.69) is 20.5 Å². The maximum Gasteiger partial charge on any atom is 3.00 e. The van der Waals surface area contributed by atoms with Crippen LogP contribution in [0.15, 0.2) is 128 Å². The summed E-state index contributed by atoms with van der Waals surface area (Å²) in [6.07, 6.45) is 0. The summed E-state index contributed by atoms with van der Waals surface area (Å²) < 4.78 is 33.3. The summed E-state index contributed by atoms with van der Waals surface area (Å²) in [6, 6.07) is 23.4. The molecule has 17 heteroatoms. The normalized spacial score (nSPS) is 11.4. The number of nitro benzene ring substituents is 1. The molecular formula is C32H19ClCrN5O9S. The van der Waals surface area contributed by atoms with Crippen LogP contribution in [0.2, 0.25) is 5.02 Å². The molecule has 0 fully saturated rings. The molecule has 49 heavy (non-hydrogen) atoms. The molecule has 6 aromatic carbocycles. The van der Waals surface area contributed by atoms with E-state index in [0.29, 0.717) is 21.2 Å². The van der Waals surface area contributed by atoms with Crippen molar-refractivity contribution < 1.29 is 58.5 Å². The molecule has 0 aliphatic carbocycles. The first-order valence-corrected chi connectivity index (χ1v) is 15.2. The zero-order chi connectivity index (χ0) is 34.6. The molecule has 0 spiro atoms. The van der Waals surface area contributed by atoms with Crippen LogP contribution in [0.25, 0.3) is 21.5 Å². The Labute approximate surface area is 295 Å². The van der Waals surface area contributed by atoms with Gasteiger partial charge in [0.1, 0.15) is 10.1 Å². The third-order valence-electron chi connectivity index (χ3n) is 6.67. The molecular weight excluding hydrogens is 718 g/mol. The zero-order valence-corrected chi connectivity index (χ0v) is 27.3. The van der Waals surface area contributed by atoms with E-state index in [1.165, 1.54) is 42.5 Å². The smallest absolute Gasteiger partial charge is 0.871 e. The third kappa shape index (κ3) is 8.46. The van der Waals surface area contributed by atoms with Gasteiger partial charge in [-0.1, -0.05) is 101 Å². The molecule has 0 unspecified atom stereocenters. The van der Waals surface area contributed by atoms with Crippen molar-refractivity contribution >= 4 is 71.7 Å². The fourth-order valence-corrected chi connectivity index (χ4v) is 5.01. The minimum absolute atomic E-state index is 0. The Hall–Kier alpha value is -5.63. The van der Waals surface area contributed by atoms with Crippen LogP contribution in [-0.4, -0.2) is 17.9 Å². The van der Waals surface area contributed by atoms with Gasteiger partial charge in [-0.15, -0.1) is 0 Å². The van der Waals surface area contributed by atoms with Crippen molar-refractivity contribution in [3.63, 3.8) is 0 Å². The number of non-ortho nitro benzene ring substituents is 1. The molecule has 0 bridgehead atoms. The Kier molecular flexibility index (Phi) is 11.1. The zero-order valence-electron chi connectivity index (χ0n) is 26.4. The molecule has 1 radical (unpaired) electrons.